The molecule has 34 heavy (non-hydrogen) atoms. The topological polar surface area (TPSA) is 92.3 Å². The largest absolute Gasteiger partial charge is 0.378 e. The molecule has 1 amide bonds. The molecule has 0 spiro atoms. The smallest absolute Gasteiger partial charge is 0.259 e. The van der Waals surface area contributed by atoms with Gasteiger partial charge in [0.15, 0.2) is 5.13 Å². The Kier molecular flexibility index (Phi) is 6.46. The quantitative estimate of drug-likeness (QED) is 0.419. The number of rotatable bonds is 6. The summed E-state index contributed by atoms with van der Waals surface area (Å²) < 4.78 is 5.43. The van der Waals surface area contributed by atoms with Crippen molar-refractivity contribution in [3.63, 3.8) is 0 Å². The highest BCUT2D eigenvalue weighted by atomic mass is 32.1. The van der Waals surface area contributed by atoms with Crippen molar-refractivity contribution in [1.29, 1.82) is 0 Å². The fraction of sp³-hybridized carbons (Fsp3) is 0.200. The predicted octanol–water partition coefficient (Wildman–Crippen LogP) is 4.74. The van der Waals surface area contributed by atoms with Crippen LogP contribution in [0.15, 0.2) is 66.4 Å². The second kappa shape index (κ2) is 9.98. The number of aromatic nitrogens is 3. The molecule has 0 atom stereocenters. The number of amides is 1. The van der Waals surface area contributed by atoms with Gasteiger partial charge in [0, 0.05) is 54.0 Å². The molecule has 172 valence electrons. The minimum absolute atomic E-state index is 0.197. The van der Waals surface area contributed by atoms with Gasteiger partial charge in [0.25, 0.3) is 5.91 Å². The number of pyridine rings is 2. The Bertz CT molecular complexity index is 1290. The van der Waals surface area contributed by atoms with Crippen LogP contribution in [0.3, 0.4) is 0 Å². The second-order valence-corrected chi connectivity index (χ2v) is 8.72. The highest BCUT2D eigenvalue weighted by Crippen LogP contribution is 2.30. The van der Waals surface area contributed by atoms with Crippen LogP contribution in [-0.2, 0) is 4.74 Å². The lowest BCUT2D eigenvalue weighted by molar-refractivity contribution is 0.102. The van der Waals surface area contributed by atoms with Crippen molar-refractivity contribution in [2.75, 3.05) is 41.8 Å². The molecule has 1 aromatic carbocycles. The zero-order valence-corrected chi connectivity index (χ0v) is 19.5. The first kappa shape index (κ1) is 22.0. The standard InChI is InChI=1S/C25H24N6O2S/c1-17-6-7-19(14-21(17)29-25-30-22(16-34-25)18-4-2-8-26-15-18)28-24(32)20-5-3-9-27-23(20)31-10-12-33-13-11-31/h2-9,14-16H,10-13H2,1H3,(H,28,32)(H,29,30). The summed E-state index contributed by atoms with van der Waals surface area (Å²) in [5, 5.41) is 9.17. The Balaban J connectivity index is 1.33. The average molecular weight is 473 g/mol. The molecule has 0 radical (unpaired) electrons. The first-order valence-electron chi connectivity index (χ1n) is 11.0. The van der Waals surface area contributed by atoms with Crippen molar-refractivity contribution >= 4 is 39.6 Å². The molecule has 0 bridgehead atoms. The summed E-state index contributed by atoms with van der Waals surface area (Å²) in [6.45, 7) is 4.70. The molecule has 1 aliphatic rings. The highest BCUT2D eigenvalue weighted by Gasteiger charge is 2.20. The molecule has 0 aliphatic carbocycles. The van der Waals surface area contributed by atoms with Crippen LogP contribution >= 0.6 is 11.3 Å². The van der Waals surface area contributed by atoms with Gasteiger partial charge >= 0.3 is 0 Å². The molecule has 5 rings (SSSR count). The zero-order chi connectivity index (χ0) is 23.3. The van der Waals surface area contributed by atoms with Crippen molar-refractivity contribution in [2.24, 2.45) is 0 Å². The normalized spacial score (nSPS) is 13.5. The van der Waals surface area contributed by atoms with Crippen molar-refractivity contribution in [3.8, 4) is 11.3 Å². The maximum absolute atomic E-state index is 13.1. The SMILES string of the molecule is Cc1ccc(NC(=O)c2cccnc2N2CCOCC2)cc1Nc1nc(-c2cccnc2)cs1. The average Bonchev–Trinajstić information content (AvgIpc) is 3.36. The molecule has 1 aliphatic heterocycles. The molecule has 3 aromatic heterocycles. The minimum Gasteiger partial charge on any atom is -0.378 e. The molecule has 2 N–H and O–H groups in total. The fourth-order valence-corrected chi connectivity index (χ4v) is 4.46. The minimum atomic E-state index is -0.197. The van der Waals surface area contributed by atoms with Crippen molar-refractivity contribution in [1.82, 2.24) is 15.0 Å². The maximum Gasteiger partial charge on any atom is 0.259 e. The van der Waals surface area contributed by atoms with E-state index in [-0.39, 0.29) is 5.91 Å². The lowest BCUT2D eigenvalue weighted by Gasteiger charge is -2.29. The number of hydrogen-bond donors (Lipinski definition) is 2. The summed E-state index contributed by atoms with van der Waals surface area (Å²) in [5.41, 5.74) is 5.00. The van der Waals surface area contributed by atoms with E-state index in [9.17, 15) is 4.79 Å². The first-order chi connectivity index (χ1) is 16.7. The monoisotopic (exact) mass is 472 g/mol. The number of anilines is 4. The molecule has 4 aromatic rings. The summed E-state index contributed by atoms with van der Waals surface area (Å²) >= 11 is 1.52. The lowest BCUT2D eigenvalue weighted by atomic mass is 10.1. The van der Waals surface area contributed by atoms with Crippen LogP contribution in [0.4, 0.5) is 22.3 Å². The molecule has 1 fully saturated rings. The van der Waals surface area contributed by atoms with E-state index in [2.05, 4.69) is 30.5 Å². The molecular weight excluding hydrogens is 448 g/mol. The van der Waals surface area contributed by atoms with Crippen LogP contribution in [0.5, 0.6) is 0 Å². The maximum atomic E-state index is 13.1. The van der Waals surface area contributed by atoms with Gasteiger partial charge in [-0.25, -0.2) is 9.97 Å². The van der Waals surface area contributed by atoms with Gasteiger partial charge in [-0.3, -0.25) is 9.78 Å². The van der Waals surface area contributed by atoms with Crippen LogP contribution in [0.25, 0.3) is 11.3 Å². The first-order valence-corrected chi connectivity index (χ1v) is 11.9. The van der Waals surface area contributed by atoms with E-state index in [0.29, 0.717) is 43.4 Å². The highest BCUT2D eigenvalue weighted by molar-refractivity contribution is 7.14. The zero-order valence-electron chi connectivity index (χ0n) is 18.7. The molecular formula is C25H24N6O2S. The molecule has 4 heterocycles. The Morgan fingerprint density at radius 1 is 1.12 bits per heavy atom. The molecule has 8 nitrogen and oxygen atoms in total. The number of morpholine rings is 1. The Morgan fingerprint density at radius 3 is 2.79 bits per heavy atom. The van der Waals surface area contributed by atoms with Gasteiger partial charge in [-0.1, -0.05) is 6.07 Å². The molecule has 1 saturated heterocycles. The van der Waals surface area contributed by atoms with Crippen LogP contribution in [0.1, 0.15) is 15.9 Å². The number of ether oxygens (including phenoxy) is 1. The number of hydrogen-bond acceptors (Lipinski definition) is 8. The van der Waals surface area contributed by atoms with Gasteiger partial charge in [-0.05, 0) is 48.9 Å². The van der Waals surface area contributed by atoms with Gasteiger partial charge in [-0.2, -0.15) is 0 Å². The van der Waals surface area contributed by atoms with Gasteiger partial charge in [0.2, 0.25) is 0 Å². The third-order valence-electron chi connectivity index (χ3n) is 5.54. The number of thiazole rings is 1. The van der Waals surface area contributed by atoms with E-state index in [0.717, 1.165) is 27.6 Å². The Morgan fingerprint density at radius 2 is 1.97 bits per heavy atom. The van der Waals surface area contributed by atoms with E-state index < -0.39 is 0 Å². The number of nitrogens with zero attached hydrogens (tertiary/aromatic N) is 4. The Hall–Kier alpha value is -3.82. The number of carbonyl (C=O) groups excluding carboxylic acids is 1. The number of aryl methyl sites for hydroxylation is 1. The third-order valence-corrected chi connectivity index (χ3v) is 6.30. The van der Waals surface area contributed by atoms with Crippen LogP contribution in [0.2, 0.25) is 0 Å². The van der Waals surface area contributed by atoms with Crippen LogP contribution in [-0.4, -0.2) is 47.2 Å². The van der Waals surface area contributed by atoms with Crippen LogP contribution < -0.4 is 15.5 Å². The Labute approximate surface area is 201 Å². The van der Waals surface area contributed by atoms with Gasteiger partial charge < -0.3 is 20.3 Å². The summed E-state index contributed by atoms with van der Waals surface area (Å²) in [6.07, 6.45) is 5.25. The lowest BCUT2D eigenvalue weighted by Crippen LogP contribution is -2.38. The number of benzene rings is 1. The van der Waals surface area contributed by atoms with E-state index in [4.69, 9.17) is 4.74 Å². The molecule has 9 heteroatoms. The van der Waals surface area contributed by atoms with E-state index in [1.165, 1.54) is 11.3 Å². The fourth-order valence-electron chi connectivity index (χ4n) is 3.73. The third kappa shape index (κ3) is 4.90. The van der Waals surface area contributed by atoms with Crippen molar-refractivity contribution in [2.45, 2.75) is 6.92 Å². The van der Waals surface area contributed by atoms with Gasteiger partial charge in [0.1, 0.15) is 5.82 Å². The van der Waals surface area contributed by atoms with Gasteiger partial charge in [0.05, 0.1) is 24.5 Å². The molecule has 0 saturated carbocycles. The predicted molar refractivity (Wildman–Crippen MR) is 135 cm³/mol. The summed E-state index contributed by atoms with van der Waals surface area (Å²) in [5.74, 6) is 0.483. The van der Waals surface area contributed by atoms with E-state index in [1.807, 2.05) is 42.6 Å². The van der Waals surface area contributed by atoms with Gasteiger partial charge in [-0.15, -0.1) is 11.3 Å². The molecule has 0 unspecified atom stereocenters. The summed E-state index contributed by atoms with van der Waals surface area (Å²) in [4.78, 5) is 28.5. The van der Waals surface area contributed by atoms with Crippen molar-refractivity contribution < 1.29 is 9.53 Å². The number of nitrogens with one attached hydrogen (secondary N) is 2. The summed E-state index contributed by atoms with van der Waals surface area (Å²) in [7, 11) is 0. The van der Waals surface area contributed by atoms with E-state index >= 15 is 0 Å². The summed E-state index contributed by atoms with van der Waals surface area (Å²) in [6, 6.07) is 13.2. The second-order valence-electron chi connectivity index (χ2n) is 7.86. The van der Waals surface area contributed by atoms with E-state index in [1.54, 1.807) is 30.7 Å². The van der Waals surface area contributed by atoms with Crippen LogP contribution in [0, 0.1) is 6.92 Å². The number of carbonyl (C=O) groups is 1. The van der Waals surface area contributed by atoms with Crippen molar-refractivity contribution in [3.05, 3.63) is 77.6 Å².